The summed E-state index contributed by atoms with van der Waals surface area (Å²) >= 11 is 0. The molecule has 0 fully saturated rings. The van der Waals surface area contributed by atoms with Gasteiger partial charge in [-0.05, 0) is 43.2 Å². The first-order chi connectivity index (χ1) is 10.6. The zero-order valence-corrected chi connectivity index (χ0v) is 12.8. The summed E-state index contributed by atoms with van der Waals surface area (Å²) in [5, 5.41) is 4.12. The van der Waals surface area contributed by atoms with E-state index in [0.717, 1.165) is 23.0 Å². The molecule has 4 nitrogen and oxygen atoms in total. The van der Waals surface area contributed by atoms with Crippen LogP contribution in [0.15, 0.2) is 48.8 Å². The molecule has 0 aliphatic carbocycles. The highest BCUT2D eigenvalue weighted by atomic mass is 16.1. The average Bonchev–Trinajstić information content (AvgIpc) is 2.85. The molecule has 0 atom stereocenters. The zero-order chi connectivity index (χ0) is 15.5. The third kappa shape index (κ3) is 2.86. The Morgan fingerprint density at radius 2 is 2.00 bits per heavy atom. The Kier molecular flexibility index (Phi) is 3.92. The Labute approximate surface area is 129 Å². The van der Waals surface area contributed by atoms with Gasteiger partial charge < -0.3 is 9.88 Å². The van der Waals surface area contributed by atoms with Gasteiger partial charge in [-0.3, -0.25) is 4.79 Å². The van der Waals surface area contributed by atoms with Crippen molar-refractivity contribution >= 4 is 16.9 Å². The molecule has 0 unspecified atom stereocenters. The third-order valence-electron chi connectivity index (χ3n) is 3.81. The summed E-state index contributed by atoms with van der Waals surface area (Å²) in [6.07, 6.45) is 4.67. The molecule has 0 bridgehead atoms. The molecule has 0 aliphatic heterocycles. The van der Waals surface area contributed by atoms with Crippen LogP contribution in [0.5, 0.6) is 0 Å². The topological polar surface area (TPSA) is 46.9 Å². The van der Waals surface area contributed by atoms with Crippen molar-refractivity contribution in [1.29, 1.82) is 0 Å². The van der Waals surface area contributed by atoms with Crippen molar-refractivity contribution in [2.24, 2.45) is 7.05 Å². The van der Waals surface area contributed by atoms with Gasteiger partial charge in [0, 0.05) is 36.9 Å². The highest BCUT2D eigenvalue weighted by molar-refractivity contribution is 5.94. The molecule has 2 heterocycles. The molecule has 1 amide bonds. The van der Waals surface area contributed by atoms with Crippen molar-refractivity contribution in [2.75, 3.05) is 6.54 Å². The second kappa shape index (κ2) is 6.02. The summed E-state index contributed by atoms with van der Waals surface area (Å²) in [5.41, 5.74) is 4.03. The summed E-state index contributed by atoms with van der Waals surface area (Å²) in [4.78, 5) is 16.5. The number of nitrogens with zero attached hydrogens (tertiary/aromatic N) is 2. The van der Waals surface area contributed by atoms with E-state index >= 15 is 0 Å². The van der Waals surface area contributed by atoms with Gasteiger partial charge in [-0.25, -0.2) is 4.98 Å². The van der Waals surface area contributed by atoms with Gasteiger partial charge in [0.05, 0.1) is 0 Å². The lowest BCUT2D eigenvalue weighted by molar-refractivity contribution is 0.0954. The molecule has 0 saturated carbocycles. The number of carbonyl (C=O) groups excluding carboxylic acids is 1. The van der Waals surface area contributed by atoms with Crippen LogP contribution in [-0.4, -0.2) is 22.0 Å². The van der Waals surface area contributed by atoms with E-state index in [4.69, 9.17) is 0 Å². The number of pyridine rings is 1. The Morgan fingerprint density at radius 3 is 2.77 bits per heavy atom. The molecule has 3 aromatic rings. The summed E-state index contributed by atoms with van der Waals surface area (Å²) in [6.45, 7) is 2.62. The number of nitrogens with one attached hydrogen (secondary N) is 1. The molecule has 22 heavy (non-hydrogen) atoms. The Morgan fingerprint density at radius 1 is 1.23 bits per heavy atom. The van der Waals surface area contributed by atoms with Crippen LogP contribution < -0.4 is 5.32 Å². The molecule has 1 N–H and O–H groups in total. The van der Waals surface area contributed by atoms with E-state index in [2.05, 4.69) is 22.6 Å². The predicted octanol–water partition coefficient (Wildman–Crippen LogP) is 2.85. The van der Waals surface area contributed by atoms with Crippen molar-refractivity contribution in [1.82, 2.24) is 14.9 Å². The van der Waals surface area contributed by atoms with Crippen LogP contribution in [0.4, 0.5) is 0 Å². The van der Waals surface area contributed by atoms with Gasteiger partial charge in [-0.15, -0.1) is 0 Å². The minimum absolute atomic E-state index is 0.0293. The number of amides is 1. The SMILES string of the molecule is Cc1ccc(C(=O)NCCc2cn(C)c3ncccc23)cc1. The number of hydrogen-bond acceptors (Lipinski definition) is 2. The summed E-state index contributed by atoms with van der Waals surface area (Å²) in [6, 6.07) is 11.6. The van der Waals surface area contributed by atoms with Crippen LogP contribution in [0.3, 0.4) is 0 Å². The molecule has 4 heteroatoms. The Balaban J connectivity index is 1.65. The fourth-order valence-corrected chi connectivity index (χ4v) is 2.61. The van der Waals surface area contributed by atoms with Crippen molar-refractivity contribution in [3.8, 4) is 0 Å². The summed E-state index contributed by atoms with van der Waals surface area (Å²) in [5.74, 6) is -0.0293. The maximum atomic E-state index is 12.1. The first kappa shape index (κ1) is 14.3. The van der Waals surface area contributed by atoms with Crippen molar-refractivity contribution in [3.63, 3.8) is 0 Å². The largest absolute Gasteiger partial charge is 0.352 e. The summed E-state index contributed by atoms with van der Waals surface area (Å²) < 4.78 is 2.02. The normalized spacial score (nSPS) is 10.8. The van der Waals surface area contributed by atoms with Crippen LogP contribution in [-0.2, 0) is 13.5 Å². The van der Waals surface area contributed by atoms with Gasteiger partial charge in [0.2, 0.25) is 0 Å². The number of rotatable bonds is 4. The van der Waals surface area contributed by atoms with E-state index in [1.165, 1.54) is 5.56 Å². The number of aryl methyl sites for hydroxylation is 2. The van der Waals surface area contributed by atoms with E-state index in [1.807, 2.05) is 48.9 Å². The lowest BCUT2D eigenvalue weighted by atomic mass is 10.1. The highest BCUT2D eigenvalue weighted by Crippen LogP contribution is 2.18. The molecule has 0 radical (unpaired) electrons. The molecular weight excluding hydrogens is 274 g/mol. The zero-order valence-electron chi connectivity index (χ0n) is 12.8. The molecule has 0 aliphatic rings. The van der Waals surface area contributed by atoms with Crippen LogP contribution in [0.1, 0.15) is 21.5 Å². The van der Waals surface area contributed by atoms with Crippen LogP contribution in [0.2, 0.25) is 0 Å². The quantitative estimate of drug-likeness (QED) is 0.804. The Hall–Kier alpha value is -2.62. The smallest absolute Gasteiger partial charge is 0.251 e. The number of carbonyl (C=O) groups is 1. The van der Waals surface area contributed by atoms with Crippen LogP contribution in [0.25, 0.3) is 11.0 Å². The molecule has 112 valence electrons. The van der Waals surface area contributed by atoms with E-state index < -0.39 is 0 Å². The van der Waals surface area contributed by atoms with Gasteiger partial charge in [-0.2, -0.15) is 0 Å². The number of fused-ring (bicyclic) bond motifs is 1. The number of hydrogen-bond donors (Lipinski definition) is 1. The van der Waals surface area contributed by atoms with Gasteiger partial charge in [-0.1, -0.05) is 17.7 Å². The number of aromatic nitrogens is 2. The maximum Gasteiger partial charge on any atom is 0.251 e. The van der Waals surface area contributed by atoms with E-state index in [-0.39, 0.29) is 5.91 Å². The second-order valence-corrected chi connectivity index (χ2v) is 5.51. The molecule has 3 rings (SSSR count). The highest BCUT2D eigenvalue weighted by Gasteiger charge is 2.08. The van der Waals surface area contributed by atoms with Crippen LogP contribution >= 0.6 is 0 Å². The van der Waals surface area contributed by atoms with Gasteiger partial charge in [0.25, 0.3) is 5.91 Å². The molecule has 0 spiro atoms. The standard InChI is InChI=1S/C18H19N3O/c1-13-5-7-14(8-6-13)18(22)20-11-9-15-12-21(2)17-16(15)4-3-10-19-17/h3-8,10,12H,9,11H2,1-2H3,(H,20,22). The van der Waals surface area contributed by atoms with E-state index in [1.54, 1.807) is 6.20 Å². The van der Waals surface area contributed by atoms with Crippen molar-refractivity contribution in [3.05, 3.63) is 65.5 Å². The van der Waals surface area contributed by atoms with Gasteiger partial charge in [0.15, 0.2) is 0 Å². The maximum absolute atomic E-state index is 12.1. The van der Waals surface area contributed by atoms with Gasteiger partial charge in [0.1, 0.15) is 5.65 Å². The molecule has 1 aromatic carbocycles. The lowest BCUT2D eigenvalue weighted by Gasteiger charge is -2.05. The van der Waals surface area contributed by atoms with E-state index in [0.29, 0.717) is 12.1 Å². The predicted molar refractivity (Wildman–Crippen MR) is 87.9 cm³/mol. The molecular formula is C18H19N3O. The van der Waals surface area contributed by atoms with Crippen LogP contribution in [0, 0.1) is 6.92 Å². The first-order valence-electron chi connectivity index (χ1n) is 7.39. The van der Waals surface area contributed by atoms with Crippen molar-refractivity contribution < 1.29 is 4.79 Å². The third-order valence-corrected chi connectivity index (χ3v) is 3.81. The minimum atomic E-state index is -0.0293. The monoisotopic (exact) mass is 293 g/mol. The van der Waals surface area contributed by atoms with Gasteiger partial charge >= 0.3 is 0 Å². The van der Waals surface area contributed by atoms with E-state index in [9.17, 15) is 4.79 Å². The molecule has 0 saturated heterocycles. The Bertz CT molecular complexity index is 803. The minimum Gasteiger partial charge on any atom is -0.352 e. The van der Waals surface area contributed by atoms with Crippen molar-refractivity contribution in [2.45, 2.75) is 13.3 Å². The second-order valence-electron chi connectivity index (χ2n) is 5.51. The number of benzene rings is 1. The lowest BCUT2D eigenvalue weighted by Crippen LogP contribution is -2.25. The average molecular weight is 293 g/mol. The fourth-order valence-electron chi connectivity index (χ4n) is 2.61. The first-order valence-corrected chi connectivity index (χ1v) is 7.39. The fraction of sp³-hybridized carbons (Fsp3) is 0.222. The summed E-state index contributed by atoms with van der Waals surface area (Å²) in [7, 11) is 1.99. The molecule has 2 aromatic heterocycles.